The molecule has 4 amide bonds. The molecule has 0 spiro atoms. The number of carbonyl (C=O) groups is 5. The van der Waals surface area contributed by atoms with Gasteiger partial charge in [0, 0.05) is 24.5 Å². The highest BCUT2D eigenvalue weighted by Gasteiger charge is 2.31. The van der Waals surface area contributed by atoms with Crippen molar-refractivity contribution >= 4 is 51.1 Å². The molecular formula is C44H52N4O8. The maximum Gasteiger partial charge on any atom is 0.328 e. The molecule has 1 aliphatic rings. The molecule has 0 saturated carbocycles. The van der Waals surface area contributed by atoms with E-state index in [1.54, 1.807) is 14.2 Å². The lowest BCUT2D eigenvalue weighted by atomic mass is 9.87. The SMILES string of the molecule is CCCCC[C@@H]1NC(=O)[C@H](C)NC(=O)C(NC(C)=O)Cc2cc3ccccc3c(c2OC)-c2c(OC)c(cc3ccccc23)C/C=C\C[C@@H](C(=O)OC)NC1=O. The van der Waals surface area contributed by atoms with Gasteiger partial charge in [-0.2, -0.15) is 0 Å². The number of methoxy groups -OCH3 is 3. The van der Waals surface area contributed by atoms with Crippen LogP contribution in [-0.4, -0.2) is 75.1 Å². The topological polar surface area (TPSA) is 161 Å². The van der Waals surface area contributed by atoms with E-state index in [-0.39, 0.29) is 12.8 Å². The molecule has 56 heavy (non-hydrogen) atoms. The van der Waals surface area contributed by atoms with Gasteiger partial charge in [-0.05, 0) is 71.0 Å². The fourth-order valence-corrected chi connectivity index (χ4v) is 7.33. The van der Waals surface area contributed by atoms with Gasteiger partial charge in [0.25, 0.3) is 0 Å². The maximum atomic E-state index is 14.0. The zero-order chi connectivity index (χ0) is 40.4. The molecule has 0 saturated heterocycles. The van der Waals surface area contributed by atoms with E-state index in [2.05, 4.69) is 27.3 Å². The number of hydrogen-bond donors (Lipinski definition) is 4. The van der Waals surface area contributed by atoms with Crippen LogP contribution in [0, 0.1) is 0 Å². The molecule has 1 heterocycles. The Labute approximate surface area is 327 Å². The molecule has 0 radical (unpaired) electrons. The highest BCUT2D eigenvalue weighted by molar-refractivity contribution is 6.11. The summed E-state index contributed by atoms with van der Waals surface area (Å²) in [4.78, 5) is 66.8. The first-order valence-corrected chi connectivity index (χ1v) is 19.1. The number of allylic oxidation sites excluding steroid dienone is 1. The number of esters is 1. The first-order valence-electron chi connectivity index (χ1n) is 19.1. The molecule has 1 unspecified atom stereocenters. The number of benzene rings is 4. The molecule has 0 aliphatic carbocycles. The summed E-state index contributed by atoms with van der Waals surface area (Å²) in [5.41, 5.74) is 3.05. The number of nitrogens with one attached hydrogen (secondary N) is 4. The summed E-state index contributed by atoms with van der Waals surface area (Å²) in [7, 11) is 4.45. The Bertz CT molecular complexity index is 2130. The van der Waals surface area contributed by atoms with E-state index in [1.807, 2.05) is 73.7 Å². The van der Waals surface area contributed by atoms with Crippen molar-refractivity contribution in [2.24, 2.45) is 0 Å². The average Bonchev–Trinajstić information content (AvgIpc) is 3.19. The largest absolute Gasteiger partial charge is 0.496 e. The fourth-order valence-electron chi connectivity index (χ4n) is 7.33. The van der Waals surface area contributed by atoms with Gasteiger partial charge in [0.15, 0.2) is 0 Å². The van der Waals surface area contributed by atoms with Crippen LogP contribution in [0.4, 0.5) is 0 Å². The fraction of sp³-hybridized carbons (Fsp3) is 0.386. The molecule has 12 nitrogen and oxygen atoms in total. The average molecular weight is 765 g/mol. The number of hydrogen-bond acceptors (Lipinski definition) is 8. The Balaban J connectivity index is 1.73. The summed E-state index contributed by atoms with van der Waals surface area (Å²) in [5.74, 6) is -1.69. The van der Waals surface area contributed by atoms with Crippen LogP contribution in [0.25, 0.3) is 32.7 Å². The van der Waals surface area contributed by atoms with Crippen LogP contribution in [0.1, 0.15) is 64.0 Å². The Morgan fingerprint density at radius 3 is 1.96 bits per heavy atom. The molecule has 0 aromatic heterocycles. The second-order valence-corrected chi connectivity index (χ2v) is 14.1. The predicted octanol–water partition coefficient (Wildman–Crippen LogP) is 5.45. The van der Waals surface area contributed by atoms with Gasteiger partial charge in [-0.25, -0.2) is 4.79 Å². The lowest BCUT2D eigenvalue weighted by molar-refractivity contribution is -0.145. The van der Waals surface area contributed by atoms with Crippen molar-refractivity contribution in [3.8, 4) is 22.6 Å². The van der Waals surface area contributed by atoms with Crippen LogP contribution in [0.2, 0.25) is 0 Å². The zero-order valence-corrected chi connectivity index (χ0v) is 33.0. The van der Waals surface area contributed by atoms with Crippen LogP contribution < -0.4 is 30.7 Å². The zero-order valence-electron chi connectivity index (χ0n) is 33.0. The molecule has 4 N–H and O–H groups in total. The third kappa shape index (κ3) is 9.47. The Kier molecular flexibility index (Phi) is 14.1. The van der Waals surface area contributed by atoms with E-state index < -0.39 is 53.8 Å². The third-order valence-electron chi connectivity index (χ3n) is 10.1. The van der Waals surface area contributed by atoms with E-state index in [0.29, 0.717) is 36.3 Å². The summed E-state index contributed by atoms with van der Waals surface area (Å²) in [6, 6.07) is 15.7. The molecule has 5 rings (SSSR count). The van der Waals surface area contributed by atoms with Crippen molar-refractivity contribution in [3.63, 3.8) is 0 Å². The summed E-state index contributed by atoms with van der Waals surface area (Å²) >= 11 is 0. The number of fused-ring (bicyclic) bond motifs is 9. The van der Waals surface area contributed by atoms with Crippen LogP contribution in [0.3, 0.4) is 0 Å². The number of ether oxygens (including phenoxy) is 3. The van der Waals surface area contributed by atoms with Crippen LogP contribution in [-0.2, 0) is 41.6 Å². The first-order chi connectivity index (χ1) is 27.0. The van der Waals surface area contributed by atoms with Gasteiger partial charge in [-0.15, -0.1) is 0 Å². The second kappa shape index (κ2) is 19.1. The van der Waals surface area contributed by atoms with Crippen molar-refractivity contribution in [1.82, 2.24) is 21.3 Å². The summed E-state index contributed by atoms with van der Waals surface area (Å²) in [6.07, 6.45) is 7.00. The van der Waals surface area contributed by atoms with Gasteiger partial charge >= 0.3 is 5.97 Å². The molecule has 0 fully saturated rings. The summed E-state index contributed by atoms with van der Waals surface area (Å²) in [5, 5.41) is 14.7. The van der Waals surface area contributed by atoms with Crippen LogP contribution in [0.15, 0.2) is 72.8 Å². The minimum Gasteiger partial charge on any atom is -0.496 e. The van der Waals surface area contributed by atoms with Crippen LogP contribution >= 0.6 is 0 Å². The minimum atomic E-state index is -1.10. The third-order valence-corrected chi connectivity index (χ3v) is 10.1. The van der Waals surface area contributed by atoms with Crippen molar-refractivity contribution in [2.45, 2.75) is 89.9 Å². The molecule has 4 aromatic rings. The lowest BCUT2D eigenvalue weighted by Crippen LogP contribution is -2.57. The standard InChI is InChI=1S/C44H52N4O8/c1-7-8-9-21-34-42(51)48-35(44(53)56-6)22-15-12-18-30-23-28-16-10-13-19-32(28)37(39(30)54-4)38-33-20-14-11-17-29(33)24-31(40(38)55-5)25-36(46-27(3)49)43(52)45-26(2)41(50)47-34/h10-17,19-20,23-24,26,34-36H,7-9,18,21-22,25H2,1-6H3,(H,45,52)(H,46,49)(H,47,50)(H,48,51)/b15-12-/t26-,34-,35-,36?/m0/s1. The van der Waals surface area contributed by atoms with Crippen molar-refractivity contribution in [1.29, 1.82) is 0 Å². The molecular weight excluding hydrogens is 713 g/mol. The lowest BCUT2D eigenvalue weighted by Gasteiger charge is -2.25. The molecule has 4 bridgehead atoms. The van der Waals surface area contributed by atoms with Crippen molar-refractivity contribution in [2.75, 3.05) is 21.3 Å². The van der Waals surface area contributed by atoms with E-state index in [4.69, 9.17) is 14.2 Å². The highest BCUT2D eigenvalue weighted by Crippen LogP contribution is 2.48. The number of amides is 4. The van der Waals surface area contributed by atoms with E-state index in [0.717, 1.165) is 51.1 Å². The molecule has 4 aromatic carbocycles. The van der Waals surface area contributed by atoms with Gasteiger partial charge < -0.3 is 35.5 Å². The summed E-state index contributed by atoms with van der Waals surface area (Å²) < 4.78 is 17.5. The van der Waals surface area contributed by atoms with Gasteiger partial charge in [0.2, 0.25) is 23.6 Å². The molecule has 1 aliphatic heterocycles. The molecule has 296 valence electrons. The van der Waals surface area contributed by atoms with Crippen molar-refractivity contribution < 1.29 is 38.2 Å². The highest BCUT2D eigenvalue weighted by atomic mass is 16.5. The normalized spacial score (nSPS) is 20.1. The predicted molar refractivity (Wildman–Crippen MR) is 216 cm³/mol. The molecule has 4 atom stereocenters. The minimum absolute atomic E-state index is 0.0282. The van der Waals surface area contributed by atoms with Gasteiger partial charge in [-0.1, -0.05) is 86.9 Å². The van der Waals surface area contributed by atoms with Gasteiger partial charge in [0.1, 0.15) is 35.7 Å². The number of carbonyl (C=O) groups excluding carboxylic acids is 5. The number of rotatable bonds is 8. The van der Waals surface area contributed by atoms with E-state index in [1.165, 1.54) is 21.0 Å². The molecule has 12 heteroatoms. The Morgan fingerprint density at radius 2 is 1.38 bits per heavy atom. The smallest absolute Gasteiger partial charge is 0.328 e. The second-order valence-electron chi connectivity index (χ2n) is 14.1. The number of unbranched alkanes of at least 4 members (excludes halogenated alkanes) is 2. The quantitative estimate of drug-likeness (QED) is 0.105. The monoisotopic (exact) mass is 764 g/mol. The van der Waals surface area contributed by atoms with E-state index >= 15 is 0 Å². The Morgan fingerprint density at radius 1 is 0.768 bits per heavy atom. The van der Waals surface area contributed by atoms with Crippen LogP contribution in [0.5, 0.6) is 11.5 Å². The van der Waals surface area contributed by atoms with Crippen molar-refractivity contribution in [3.05, 3.63) is 83.9 Å². The summed E-state index contributed by atoms with van der Waals surface area (Å²) in [6.45, 7) is 4.86. The van der Waals surface area contributed by atoms with Gasteiger partial charge in [0.05, 0.1) is 21.3 Å². The first kappa shape index (κ1) is 41.3. The Hall–Kier alpha value is -5.91. The van der Waals surface area contributed by atoms with E-state index in [9.17, 15) is 24.0 Å². The maximum absolute atomic E-state index is 14.0. The van der Waals surface area contributed by atoms with Gasteiger partial charge in [-0.3, -0.25) is 19.2 Å².